The SMILES string of the molecule is COc1cccc(C(=O)NCCC(=O)NCC2CCOC2)c1. The molecule has 1 aliphatic rings. The molecule has 1 saturated heterocycles. The van der Waals surface area contributed by atoms with Crippen molar-refractivity contribution in [2.75, 3.05) is 33.4 Å². The van der Waals surface area contributed by atoms with Crippen LogP contribution in [0.2, 0.25) is 0 Å². The normalized spacial score (nSPS) is 17.0. The predicted molar refractivity (Wildman–Crippen MR) is 81.9 cm³/mol. The first kappa shape index (κ1) is 16.3. The van der Waals surface area contributed by atoms with Crippen molar-refractivity contribution in [3.63, 3.8) is 0 Å². The van der Waals surface area contributed by atoms with Gasteiger partial charge < -0.3 is 20.1 Å². The van der Waals surface area contributed by atoms with Crippen LogP contribution in [-0.4, -0.2) is 45.2 Å². The lowest BCUT2D eigenvalue weighted by molar-refractivity contribution is -0.121. The lowest BCUT2D eigenvalue weighted by Crippen LogP contribution is -2.33. The second-order valence-corrected chi connectivity index (χ2v) is 5.27. The molecule has 2 rings (SSSR count). The fourth-order valence-corrected chi connectivity index (χ4v) is 2.25. The van der Waals surface area contributed by atoms with Crippen LogP contribution in [0.15, 0.2) is 24.3 Å². The van der Waals surface area contributed by atoms with Gasteiger partial charge >= 0.3 is 0 Å². The molecule has 1 atom stereocenters. The number of nitrogens with one attached hydrogen (secondary N) is 2. The summed E-state index contributed by atoms with van der Waals surface area (Å²) in [5.41, 5.74) is 0.517. The van der Waals surface area contributed by atoms with Crippen molar-refractivity contribution in [2.45, 2.75) is 12.8 Å². The van der Waals surface area contributed by atoms with E-state index in [0.29, 0.717) is 36.9 Å². The van der Waals surface area contributed by atoms with Crippen LogP contribution in [-0.2, 0) is 9.53 Å². The van der Waals surface area contributed by atoms with Crippen LogP contribution in [0, 0.1) is 5.92 Å². The molecule has 1 aromatic rings. The summed E-state index contributed by atoms with van der Waals surface area (Å²) < 4.78 is 10.3. The molecule has 2 N–H and O–H groups in total. The van der Waals surface area contributed by atoms with Gasteiger partial charge in [-0.1, -0.05) is 6.07 Å². The van der Waals surface area contributed by atoms with Crippen molar-refractivity contribution in [2.24, 2.45) is 5.92 Å². The summed E-state index contributed by atoms with van der Waals surface area (Å²) in [4.78, 5) is 23.6. The Morgan fingerprint density at radius 3 is 2.95 bits per heavy atom. The Morgan fingerprint density at radius 1 is 1.36 bits per heavy atom. The second kappa shape index (κ2) is 8.38. The van der Waals surface area contributed by atoms with Crippen molar-refractivity contribution in [3.8, 4) is 5.75 Å². The van der Waals surface area contributed by atoms with Crippen LogP contribution in [0.5, 0.6) is 5.75 Å². The smallest absolute Gasteiger partial charge is 0.251 e. The minimum atomic E-state index is -0.212. The summed E-state index contributed by atoms with van der Waals surface area (Å²) in [6, 6.07) is 6.90. The first-order valence-electron chi connectivity index (χ1n) is 7.45. The first-order valence-corrected chi connectivity index (χ1v) is 7.45. The molecule has 6 heteroatoms. The van der Waals surface area contributed by atoms with Crippen molar-refractivity contribution in [1.82, 2.24) is 10.6 Å². The molecule has 1 heterocycles. The zero-order chi connectivity index (χ0) is 15.8. The average molecular weight is 306 g/mol. The highest BCUT2D eigenvalue weighted by atomic mass is 16.5. The van der Waals surface area contributed by atoms with Gasteiger partial charge in [-0.3, -0.25) is 9.59 Å². The second-order valence-electron chi connectivity index (χ2n) is 5.27. The van der Waals surface area contributed by atoms with Crippen LogP contribution in [0.1, 0.15) is 23.2 Å². The van der Waals surface area contributed by atoms with Gasteiger partial charge in [-0.05, 0) is 24.6 Å². The zero-order valence-electron chi connectivity index (χ0n) is 12.8. The van der Waals surface area contributed by atoms with Gasteiger partial charge in [0, 0.05) is 37.6 Å². The van der Waals surface area contributed by atoms with Gasteiger partial charge in [0.25, 0.3) is 5.91 Å². The number of carbonyl (C=O) groups is 2. The molecule has 6 nitrogen and oxygen atoms in total. The molecule has 1 unspecified atom stereocenters. The predicted octanol–water partition coefficient (Wildman–Crippen LogP) is 0.968. The highest BCUT2D eigenvalue weighted by molar-refractivity contribution is 5.94. The molecular formula is C16H22N2O4. The third kappa shape index (κ3) is 5.04. The molecule has 1 aromatic carbocycles. The van der Waals surface area contributed by atoms with E-state index in [1.165, 1.54) is 0 Å². The number of ether oxygens (including phenoxy) is 2. The highest BCUT2D eigenvalue weighted by Crippen LogP contribution is 2.12. The maximum atomic E-state index is 11.9. The molecule has 1 fully saturated rings. The van der Waals surface area contributed by atoms with Gasteiger partial charge in [0.05, 0.1) is 13.7 Å². The summed E-state index contributed by atoms with van der Waals surface area (Å²) in [5, 5.41) is 5.60. The van der Waals surface area contributed by atoms with Crippen molar-refractivity contribution < 1.29 is 19.1 Å². The van der Waals surface area contributed by atoms with Crippen molar-refractivity contribution in [3.05, 3.63) is 29.8 Å². The molecule has 0 spiro atoms. The quantitative estimate of drug-likeness (QED) is 0.787. The van der Waals surface area contributed by atoms with Crippen LogP contribution in [0.25, 0.3) is 0 Å². The lowest BCUT2D eigenvalue weighted by Gasteiger charge is -2.10. The minimum absolute atomic E-state index is 0.0576. The molecule has 0 aromatic heterocycles. The van der Waals surface area contributed by atoms with E-state index in [1.807, 2.05) is 0 Å². The Labute approximate surface area is 130 Å². The van der Waals surface area contributed by atoms with Crippen molar-refractivity contribution in [1.29, 1.82) is 0 Å². The molecule has 1 aliphatic heterocycles. The summed E-state index contributed by atoms with van der Waals surface area (Å²) in [6.07, 6.45) is 1.26. The average Bonchev–Trinajstić information content (AvgIpc) is 3.06. The van der Waals surface area contributed by atoms with E-state index in [-0.39, 0.29) is 18.2 Å². The van der Waals surface area contributed by atoms with E-state index >= 15 is 0 Å². The molecule has 2 amide bonds. The first-order chi connectivity index (χ1) is 10.7. The Hall–Kier alpha value is -2.08. The Kier molecular flexibility index (Phi) is 6.21. The Morgan fingerprint density at radius 2 is 2.23 bits per heavy atom. The third-order valence-electron chi connectivity index (χ3n) is 3.58. The largest absolute Gasteiger partial charge is 0.497 e. The molecule has 0 radical (unpaired) electrons. The van der Waals surface area contributed by atoms with E-state index in [4.69, 9.17) is 9.47 Å². The zero-order valence-corrected chi connectivity index (χ0v) is 12.8. The van der Waals surface area contributed by atoms with Crippen LogP contribution >= 0.6 is 0 Å². The number of methoxy groups -OCH3 is 1. The highest BCUT2D eigenvalue weighted by Gasteiger charge is 2.16. The standard InChI is InChI=1S/C16H22N2O4/c1-21-14-4-2-3-13(9-14)16(20)17-7-5-15(19)18-10-12-6-8-22-11-12/h2-4,9,12H,5-8,10-11H2,1H3,(H,17,20)(H,18,19). The van der Waals surface area contributed by atoms with E-state index < -0.39 is 0 Å². The van der Waals surface area contributed by atoms with E-state index in [9.17, 15) is 9.59 Å². The van der Waals surface area contributed by atoms with Crippen LogP contribution < -0.4 is 15.4 Å². The van der Waals surface area contributed by atoms with Gasteiger partial charge in [0.2, 0.25) is 5.91 Å². The van der Waals surface area contributed by atoms with Gasteiger partial charge in [-0.25, -0.2) is 0 Å². The van der Waals surface area contributed by atoms with Gasteiger partial charge in [0.1, 0.15) is 5.75 Å². The molecule has 0 saturated carbocycles. The van der Waals surface area contributed by atoms with Gasteiger partial charge in [0.15, 0.2) is 0 Å². The minimum Gasteiger partial charge on any atom is -0.497 e. The maximum absolute atomic E-state index is 11.9. The summed E-state index contributed by atoms with van der Waals surface area (Å²) in [7, 11) is 1.55. The number of hydrogen-bond acceptors (Lipinski definition) is 4. The number of rotatable bonds is 7. The number of hydrogen-bond donors (Lipinski definition) is 2. The number of amides is 2. The van der Waals surface area contributed by atoms with Crippen LogP contribution in [0.4, 0.5) is 0 Å². The lowest BCUT2D eigenvalue weighted by atomic mass is 10.1. The number of benzene rings is 1. The third-order valence-corrected chi connectivity index (χ3v) is 3.58. The fraction of sp³-hybridized carbons (Fsp3) is 0.500. The Bertz CT molecular complexity index is 513. The maximum Gasteiger partial charge on any atom is 0.251 e. The molecule has 0 aliphatic carbocycles. The molecule has 22 heavy (non-hydrogen) atoms. The topological polar surface area (TPSA) is 76.7 Å². The van der Waals surface area contributed by atoms with Crippen molar-refractivity contribution >= 4 is 11.8 Å². The van der Waals surface area contributed by atoms with Gasteiger partial charge in [-0.2, -0.15) is 0 Å². The van der Waals surface area contributed by atoms with Gasteiger partial charge in [-0.15, -0.1) is 0 Å². The van der Waals surface area contributed by atoms with E-state index in [1.54, 1.807) is 31.4 Å². The summed E-state index contributed by atoms with van der Waals surface area (Å²) in [6.45, 7) is 2.44. The van der Waals surface area contributed by atoms with E-state index in [0.717, 1.165) is 13.0 Å². The molecular weight excluding hydrogens is 284 g/mol. The fourth-order valence-electron chi connectivity index (χ4n) is 2.25. The molecule has 0 bridgehead atoms. The Balaban J connectivity index is 1.66. The summed E-state index contributed by atoms with van der Waals surface area (Å²) in [5.74, 6) is 0.772. The number of carbonyl (C=O) groups excluding carboxylic acids is 2. The monoisotopic (exact) mass is 306 g/mol. The molecule has 120 valence electrons. The van der Waals surface area contributed by atoms with E-state index in [2.05, 4.69) is 10.6 Å². The van der Waals surface area contributed by atoms with Crippen LogP contribution in [0.3, 0.4) is 0 Å². The summed E-state index contributed by atoms with van der Waals surface area (Å²) >= 11 is 0.